The topological polar surface area (TPSA) is 95.9 Å². The minimum atomic E-state index is -3.13. The molecule has 3 rings (SSSR count). The van der Waals surface area contributed by atoms with Gasteiger partial charge in [-0.3, -0.25) is 5.32 Å². The van der Waals surface area contributed by atoms with E-state index in [2.05, 4.69) is 5.32 Å². The highest BCUT2D eigenvalue weighted by atomic mass is 32.2. The highest BCUT2D eigenvalue weighted by Crippen LogP contribution is 2.27. The van der Waals surface area contributed by atoms with Gasteiger partial charge in [-0.1, -0.05) is 18.2 Å². The molecule has 0 spiro atoms. The van der Waals surface area contributed by atoms with E-state index in [1.165, 1.54) is 11.2 Å². The first-order chi connectivity index (χ1) is 13.8. The lowest BCUT2D eigenvalue weighted by Gasteiger charge is -2.29. The molecule has 0 saturated carbocycles. The van der Waals surface area contributed by atoms with E-state index in [9.17, 15) is 13.2 Å². The second-order valence-electron chi connectivity index (χ2n) is 7.89. The summed E-state index contributed by atoms with van der Waals surface area (Å²) in [6.45, 7) is 2.41. The van der Waals surface area contributed by atoms with E-state index in [0.717, 1.165) is 42.6 Å². The number of hydrogen-bond acceptors (Lipinski definition) is 5. The van der Waals surface area contributed by atoms with Crippen LogP contribution < -0.4 is 10.1 Å². The fourth-order valence-corrected chi connectivity index (χ4v) is 4.85. The molecule has 1 saturated heterocycles. The largest absolute Gasteiger partial charge is 0.494 e. The average molecular weight is 423 g/mol. The van der Waals surface area contributed by atoms with Crippen LogP contribution >= 0.6 is 0 Å². The standard InChI is InChI=1S/C21H30N2O5S/c1-29(26,27)20-15-18(7-10-22-20)17-5-2-6-19(14-17)28-13-3-4-16-8-11-23(12-9-16)21(24)25/h2,5-7,14,16,20,22H,3-4,8-13,15H2,1H3,(H,24,25). The number of hydrogen-bond donors (Lipinski definition) is 2. The molecule has 160 valence electrons. The van der Waals surface area contributed by atoms with Crippen LogP contribution in [0.15, 0.2) is 30.3 Å². The molecule has 2 aliphatic heterocycles. The van der Waals surface area contributed by atoms with E-state index in [1.54, 1.807) is 0 Å². The second kappa shape index (κ2) is 9.63. The van der Waals surface area contributed by atoms with Gasteiger partial charge in [-0.2, -0.15) is 0 Å². The Balaban J connectivity index is 1.46. The zero-order valence-corrected chi connectivity index (χ0v) is 17.7. The van der Waals surface area contributed by atoms with Crippen molar-refractivity contribution in [3.05, 3.63) is 35.9 Å². The zero-order chi connectivity index (χ0) is 20.9. The highest BCUT2D eigenvalue weighted by Gasteiger charge is 2.25. The van der Waals surface area contributed by atoms with Crippen LogP contribution in [0.25, 0.3) is 5.57 Å². The maximum Gasteiger partial charge on any atom is 0.407 e. The first kappa shape index (κ1) is 21.6. The molecule has 2 N–H and O–H groups in total. The van der Waals surface area contributed by atoms with Crippen molar-refractivity contribution in [2.24, 2.45) is 5.92 Å². The highest BCUT2D eigenvalue weighted by molar-refractivity contribution is 7.91. The van der Waals surface area contributed by atoms with Crippen LogP contribution in [-0.2, 0) is 9.84 Å². The van der Waals surface area contributed by atoms with Crippen LogP contribution in [0, 0.1) is 5.92 Å². The maximum absolute atomic E-state index is 11.8. The quantitative estimate of drug-likeness (QED) is 0.656. The van der Waals surface area contributed by atoms with E-state index < -0.39 is 21.3 Å². The van der Waals surface area contributed by atoms with E-state index in [1.807, 2.05) is 30.3 Å². The number of rotatable bonds is 7. The summed E-state index contributed by atoms with van der Waals surface area (Å²) in [5, 5.41) is 11.5. The molecule has 8 heteroatoms. The van der Waals surface area contributed by atoms with Crippen LogP contribution in [0.3, 0.4) is 0 Å². The fourth-order valence-electron chi connectivity index (χ4n) is 3.97. The Kier molecular flexibility index (Phi) is 7.18. The van der Waals surface area contributed by atoms with Crippen molar-refractivity contribution >= 4 is 21.5 Å². The second-order valence-corrected chi connectivity index (χ2v) is 10.1. The number of nitrogens with zero attached hydrogens (tertiary/aromatic N) is 1. The number of nitrogens with one attached hydrogen (secondary N) is 1. The molecule has 7 nitrogen and oxygen atoms in total. The van der Waals surface area contributed by atoms with E-state index in [0.29, 0.717) is 38.6 Å². The summed E-state index contributed by atoms with van der Waals surface area (Å²) >= 11 is 0. The van der Waals surface area contributed by atoms with Gasteiger partial charge in [-0.15, -0.1) is 0 Å². The Morgan fingerprint density at radius 3 is 2.76 bits per heavy atom. The van der Waals surface area contributed by atoms with Crippen molar-refractivity contribution < 1.29 is 23.1 Å². The molecule has 0 radical (unpaired) electrons. The average Bonchev–Trinajstić information content (AvgIpc) is 2.71. The van der Waals surface area contributed by atoms with Crippen LogP contribution in [0.2, 0.25) is 0 Å². The molecule has 1 unspecified atom stereocenters. The van der Waals surface area contributed by atoms with Gasteiger partial charge < -0.3 is 14.7 Å². The first-order valence-corrected chi connectivity index (χ1v) is 12.1. The van der Waals surface area contributed by atoms with Crippen molar-refractivity contribution in [1.29, 1.82) is 0 Å². The Labute approximate surface area is 172 Å². The summed E-state index contributed by atoms with van der Waals surface area (Å²) in [5.41, 5.74) is 2.02. The molecule has 1 fully saturated rings. The number of amides is 1. The Morgan fingerprint density at radius 2 is 2.07 bits per heavy atom. The van der Waals surface area contributed by atoms with Gasteiger partial charge >= 0.3 is 6.09 Å². The number of benzene rings is 1. The third kappa shape index (κ3) is 6.21. The van der Waals surface area contributed by atoms with Crippen LogP contribution in [0.4, 0.5) is 4.79 Å². The van der Waals surface area contributed by atoms with Crippen molar-refractivity contribution in [3.63, 3.8) is 0 Å². The van der Waals surface area contributed by atoms with Crippen molar-refractivity contribution in [2.45, 2.75) is 37.5 Å². The number of ether oxygens (including phenoxy) is 1. The number of sulfone groups is 1. The summed E-state index contributed by atoms with van der Waals surface area (Å²) in [5.74, 6) is 1.35. The number of likely N-dealkylation sites (tertiary alicyclic amines) is 1. The van der Waals surface area contributed by atoms with E-state index in [-0.39, 0.29) is 0 Å². The predicted octanol–water partition coefficient (Wildman–Crippen LogP) is 2.98. The van der Waals surface area contributed by atoms with Gasteiger partial charge in [-0.05, 0) is 54.9 Å². The van der Waals surface area contributed by atoms with E-state index in [4.69, 9.17) is 9.84 Å². The lowest BCUT2D eigenvalue weighted by atomic mass is 9.92. The third-order valence-corrected chi connectivity index (χ3v) is 7.10. The Hall–Kier alpha value is -2.06. The molecular formula is C21H30N2O5S. The molecule has 1 aromatic rings. The summed E-state index contributed by atoms with van der Waals surface area (Å²) in [6.07, 6.45) is 6.75. The SMILES string of the molecule is CS(=O)(=O)C1CC(c2cccc(OCCCC3CCN(C(=O)O)CC3)c2)=CCN1. The van der Waals surface area contributed by atoms with Gasteiger partial charge in [0.15, 0.2) is 9.84 Å². The zero-order valence-electron chi connectivity index (χ0n) is 16.8. The predicted molar refractivity (Wildman–Crippen MR) is 113 cm³/mol. The number of carboxylic acid groups (broad SMARTS) is 1. The summed E-state index contributed by atoms with van der Waals surface area (Å²) in [4.78, 5) is 12.4. The third-order valence-electron chi connectivity index (χ3n) is 5.73. The monoisotopic (exact) mass is 422 g/mol. The molecule has 0 bridgehead atoms. The van der Waals surface area contributed by atoms with Gasteiger partial charge in [0.1, 0.15) is 11.1 Å². The number of piperidine rings is 1. The van der Waals surface area contributed by atoms with Gasteiger partial charge in [0.2, 0.25) is 0 Å². The molecule has 1 amide bonds. The van der Waals surface area contributed by atoms with Crippen LogP contribution in [0.5, 0.6) is 5.75 Å². The molecule has 29 heavy (non-hydrogen) atoms. The maximum atomic E-state index is 11.8. The molecule has 2 heterocycles. The molecule has 1 aromatic carbocycles. The Bertz CT molecular complexity index is 844. The normalized spacial score (nSPS) is 20.9. The van der Waals surface area contributed by atoms with Crippen LogP contribution in [-0.4, -0.2) is 62.4 Å². The van der Waals surface area contributed by atoms with Gasteiger partial charge in [-0.25, -0.2) is 13.2 Å². The number of carbonyl (C=O) groups is 1. The summed E-state index contributed by atoms with van der Waals surface area (Å²) in [6, 6.07) is 7.82. The molecule has 2 aliphatic rings. The van der Waals surface area contributed by atoms with Gasteiger partial charge in [0, 0.05) is 32.3 Å². The summed E-state index contributed by atoms with van der Waals surface area (Å²) in [7, 11) is -3.13. The molecular weight excluding hydrogens is 392 g/mol. The fraction of sp³-hybridized carbons (Fsp3) is 0.571. The lowest BCUT2D eigenvalue weighted by molar-refractivity contribution is 0.121. The van der Waals surface area contributed by atoms with Gasteiger partial charge in [0.25, 0.3) is 0 Å². The van der Waals surface area contributed by atoms with Crippen molar-refractivity contribution in [2.75, 3.05) is 32.5 Å². The van der Waals surface area contributed by atoms with E-state index >= 15 is 0 Å². The van der Waals surface area contributed by atoms with Crippen molar-refractivity contribution in [3.8, 4) is 5.75 Å². The summed E-state index contributed by atoms with van der Waals surface area (Å²) < 4.78 is 29.6. The Morgan fingerprint density at radius 1 is 1.31 bits per heavy atom. The first-order valence-electron chi connectivity index (χ1n) is 10.2. The van der Waals surface area contributed by atoms with Crippen molar-refractivity contribution in [1.82, 2.24) is 10.2 Å². The van der Waals surface area contributed by atoms with Crippen LogP contribution in [0.1, 0.15) is 37.7 Å². The molecule has 1 atom stereocenters. The lowest BCUT2D eigenvalue weighted by Crippen LogP contribution is -2.38. The molecule has 0 aromatic heterocycles. The molecule has 0 aliphatic carbocycles. The minimum absolute atomic E-state index is 0.456. The minimum Gasteiger partial charge on any atom is -0.494 e. The smallest absolute Gasteiger partial charge is 0.407 e. The van der Waals surface area contributed by atoms with Gasteiger partial charge in [0.05, 0.1) is 6.61 Å².